The van der Waals surface area contributed by atoms with Crippen molar-refractivity contribution in [3.63, 3.8) is 0 Å². The SMILES string of the molecule is c1cc(-c2nc(C3CCOC3)no2)cc(N2CCOCC2)c1. The molecule has 3 heterocycles. The number of hydrogen-bond acceptors (Lipinski definition) is 6. The van der Waals surface area contributed by atoms with Gasteiger partial charge in [-0.05, 0) is 24.6 Å². The molecule has 0 radical (unpaired) electrons. The molecule has 0 bridgehead atoms. The standard InChI is InChI=1S/C16H19N3O3/c1-2-12(10-14(3-1)19-5-8-20-9-6-19)16-17-15(18-22-16)13-4-7-21-11-13/h1-3,10,13H,4-9,11H2. The lowest BCUT2D eigenvalue weighted by molar-refractivity contribution is 0.122. The molecular weight excluding hydrogens is 282 g/mol. The minimum atomic E-state index is 0.264. The van der Waals surface area contributed by atoms with Gasteiger partial charge in [-0.15, -0.1) is 0 Å². The van der Waals surface area contributed by atoms with Crippen molar-refractivity contribution in [2.24, 2.45) is 0 Å². The fraction of sp³-hybridized carbons (Fsp3) is 0.500. The van der Waals surface area contributed by atoms with Gasteiger partial charge >= 0.3 is 0 Å². The van der Waals surface area contributed by atoms with Crippen molar-refractivity contribution in [1.29, 1.82) is 0 Å². The van der Waals surface area contributed by atoms with Gasteiger partial charge in [-0.2, -0.15) is 4.98 Å². The van der Waals surface area contributed by atoms with E-state index in [4.69, 9.17) is 14.0 Å². The molecule has 22 heavy (non-hydrogen) atoms. The van der Waals surface area contributed by atoms with Crippen LogP contribution in [0.5, 0.6) is 0 Å². The summed E-state index contributed by atoms with van der Waals surface area (Å²) in [4.78, 5) is 6.86. The Morgan fingerprint density at radius 2 is 2.00 bits per heavy atom. The summed E-state index contributed by atoms with van der Waals surface area (Å²) in [5.41, 5.74) is 2.13. The predicted octanol–water partition coefficient (Wildman–Crippen LogP) is 2.08. The largest absolute Gasteiger partial charge is 0.381 e. The number of morpholine rings is 1. The first-order valence-corrected chi connectivity index (χ1v) is 7.74. The number of rotatable bonds is 3. The Labute approximate surface area is 129 Å². The molecule has 2 aromatic rings. The first kappa shape index (κ1) is 13.7. The summed E-state index contributed by atoms with van der Waals surface area (Å²) in [6.07, 6.45) is 0.965. The highest BCUT2D eigenvalue weighted by Gasteiger charge is 2.23. The third-order valence-electron chi connectivity index (χ3n) is 4.21. The Balaban J connectivity index is 1.56. The lowest BCUT2D eigenvalue weighted by Gasteiger charge is -2.28. The second-order valence-electron chi connectivity index (χ2n) is 5.67. The Morgan fingerprint density at radius 3 is 2.82 bits per heavy atom. The summed E-state index contributed by atoms with van der Waals surface area (Å²) in [6.45, 7) is 4.84. The summed E-state index contributed by atoms with van der Waals surface area (Å²) >= 11 is 0. The Morgan fingerprint density at radius 1 is 1.09 bits per heavy atom. The van der Waals surface area contributed by atoms with Gasteiger partial charge < -0.3 is 18.9 Å². The van der Waals surface area contributed by atoms with E-state index in [1.54, 1.807) is 0 Å². The molecule has 2 aliphatic rings. The van der Waals surface area contributed by atoms with Crippen molar-refractivity contribution in [2.45, 2.75) is 12.3 Å². The zero-order chi connectivity index (χ0) is 14.8. The van der Waals surface area contributed by atoms with Gasteiger partial charge in [-0.25, -0.2) is 0 Å². The van der Waals surface area contributed by atoms with Crippen molar-refractivity contribution in [3.05, 3.63) is 30.1 Å². The second-order valence-corrected chi connectivity index (χ2v) is 5.67. The topological polar surface area (TPSA) is 60.6 Å². The van der Waals surface area contributed by atoms with E-state index in [0.29, 0.717) is 12.5 Å². The first-order valence-electron chi connectivity index (χ1n) is 7.74. The molecule has 0 spiro atoms. The second kappa shape index (κ2) is 6.06. The van der Waals surface area contributed by atoms with Gasteiger partial charge in [0.25, 0.3) is 5.89 Å². The molecule has 1 unspecified atom stereocenters. The summed E-state index contributed by atoms with van der Waals surface area (Å²) in [5.74, 6) is 1.60. The van der Waals surface area contributed by atoms with Crippen LogP contribution in [-0.2, 0) is 9.47 Å². The molecule has 1 atom stereocenters. The minimum Gasteiger partial charge on any atom is -0.381 e. The fourth-order valence-corrected chi connectivity index (χ4v) is 2.91. The van der Waals surface area contributed by atoms with Crippen molar-refractivity contribution in [2.75, 3.05) is 44.4 Å². The van der Waals surface area contributed by atoms with E-state index >= 15 is 0 Å². The summed E-state index contributed by atoms with van der Waals surface area (Å²) in [7, 11) is 0. The normalized spacial score (nSPS) is 22.2. The number of benzene rings is 1. The lowest BCUT2D eigenvalue weighted by Crippen LogP contribution is -2.36. The maximum absolute atomic E-state index is 5.45. The maximum atomic E-state index is 5.45. The van der Waals surface area contributed by atoms with Crippen molar-refractivity contribution in [3.8, 4) is 11.5 Å². The molecule has 6 heteroatoms. The number of anilines is 1. The summed E-state index contributed by atoms with van der Waals surface area (Å²) in [6, 6.07) is 8.25. The van der Waals surface area contributed by atoms with Crippen LogP contribution in [0.25, 0.3) is 11.5 Å². The van der Waals surface area contributed by atoms with E-state index in [2.05, 4.69) is 27.2 Å². The van der Waals surface area contributed by atoms with E-state index in [1.165, 1.54) is 5.69 Å². The van der Waals surface area contributed by atoms with Gasteiger partial charge in [0.05, 0.1) is 19.8 Å². The van der Waals surface area contributed by atoms with Gasteiger partial charge in [-0.1, -0.05) is 11.2 Å². The number of ether oxygens (including phenoxy) is 2. The predicted molar refractivity (Wildman–Crippen MR) is 80.9 cm³/mol. The van der Waals surface area contributed by atoms with Gasteiger partial charge in [0.15, 0.2) is 5.82 Å². The average molecular weight is 301 g/mol. The third-order valence-corrected chi connectivity index (χ3v) is 4.21. The van der Waals surface area contributed by atoms with E-state index in [0.717, 1.165) is 50.7 Å². The number of aromatic nitrogens is 2. The van der Waals surface area contributed by atoms with Crippen LogP contribution in [0, 0.1) is 0 Å². The molecule has 0 aliphatic carbocycles. The minimum absolute atomic E-state index is 0.264. The van der Waals surface area contributed by atoms with Crippen LogP contribution in [0.4, 0.5) is 5.69 Å². The van der Waals surface area contributed by atoms with Gasteiger partial charge in [0.1, 0.15) is 0 Å². The van der Waals surface area contributed by atoms with Crippen LogP contribution in [0.3, 0.4) is 0 Å². The zero-order valence-electron chi connectivity index (χ0n) is 12.4. The molecule has 2 saturated heterocycles. The molecule has 6 nitrogen and oxygen atoms in total. The summed E-state index contributed by atoms with van der Waals surface area (Å²) in [5, 5.41) is 4.12. The lowest BCUT2D eigenvalue weighted by atomic mass is 10.1. The van der Waals surface area contributed by atoms with Crippen molar-refractivity contribution in [1.82, 2.24) is 10.1 Å². The van der Waals surface area contributed by atoms with Crippen molar-refractivity contribution >= 4 is 5.69 Å². The van der Waals surface area contributed by atoms with Crippen LogP contribution < -0.4 is 4.90 Å². The van der Waals surface area contributed by atoms with Gasteiger partial charge in [0.2, 0.25) is 0 Å². The zero-order valence-corrected chi connectivity index (χ0v) is 12.4. The van der Waals surface area contributed by atoms with E-state index in [9.17, 15) is 0 Å². The number of hydrogen-bond donors (Lipinski definition) is 0. The molecule has 0 saturated carbocycles. The highest BCUT2D eigenvalue weighted by molar-refractivity contribution is 5.62. The Bertz CT molecular complexity index is 631. The van der Waals surface area contributed by atoms with E-state index in [-0.39, 0.29) is 5.92 Å². The molecule has 0 amide bonds. The number of nitrogens with zero attached hydrogens (tertiary/aromatic N) is 3. The summed E-state index contributed by atoms with van der Waals surface area (Å²) < 4.78 is 16.2. The van der Waals surface area contributed by atoms with Crippen LogP contribution in [0.1, 0.15) is 18.2 Å². The highest BCUT2D eigenvalue weighted by Crippen LogP contribution is 2.27. The molecular formula is C16H19N3O3. The Kier molecular flexibility index (Phi) is 3.78. The van der Waals surface area contributed by atoms with Crippen LogP contribution in [0.15, 0.2) is 28.8 Å². The average Bonchev–Trinajstić information content (AvgIpc) is 3.27. The van der Waals surface area contributed by atoms with Crippen LogP contribution in [-0.4, -0.2) is 49.7 Å². The molecule has 116 valence electrons. The molecule has 2 fully saturated rings. The van der Waals surface area contributed by atoms with Crippen LogP contribution >= 0.6 is 0 Å². The van der Waals surface area contributed by atoms with Crippen molar-refractivity contribution < 1.29 is 14.0 Å². The monoisotopic (exact) mass is 301 g/mol. The molecule has 1 aromatic heterocycles. The van der Waals surface area contributed by atoms with Gasteiger partial charge in [0, 0.05) is 36.9 Å². The Hall–Kier alpha value is -1.92. The van der Waals surface area contributed by atoms with Gasteiger partial charge in [-0.3, -0.25) is 0 Å². The fourth-order valence-electron chi connectivity index (χ4n) is 2.91. The van der Waals surface area contributed by atoms with E-state index < -0.39 is 0 Å². The smallest absolute Gasteiger partial charge is 0.258 e. The molecule has 4 rings (SSSR count). The first-order chi connectivity index (χ1) is 10.9. The van der Waals surface area contributed by atoms with Crippen LogP contribution in [0.2, 0.25) is 0 Å². The molecule has 2 aliphatic heterocycles. The molecule has 1 aromatic carbocycles. The highest BCUT2D eigenvalue weighted by atomic mass is 16.5. The van der Waals surface area contributed by atoms with E-state index in [1.807, 2.05) is 12.1 Å². The quantitative estimate of drug-likeness (QED) is 0.865. The third kappa shape index (κ3) is 2.71. The molecule has 0 N–H and O–H groups in total. The maximum Gasteiger partial charge on any atom is 0.258 e.